The number of fused-ring (bicyclic) bond motifs is 1. The lowest BCUT2D eigenvalue weighted by atomic mass is 10.1. The SMILES string of the molecule is CCCCC1(C)SC(C)(C)C(=O)N1N1CCN(c2nsc3cc(Cl)ccc23)CC1.Cl. The highest BCUT2D eigenvalue weighted by Crippen LogP contribution is 2.51. The molecule has 1 unspecified atom stereocenters. The third-order valence-corrected chi connectivity index (χ3v) is 8.41. The molecule has 2 aliphatic rings. The van der Waals surface area contributed by atoms with E-state index in [1.54, 1.807) is 0 Å². The molecule has 1 amide bonds. The van der Waals surface area contributed by atoms with Crippen LogP contribution >= 0.6 is 47.3 Å². The van der Waals surface area contributed by atoms with Gasteiger partial charge in [0.15, 0.2) is 0 Å². The van der Waals surface area contributed by atoms with Crippen molar-refractivity contribution in [3.63, 3.8) is 0 Å². The molecule has 0 bridgehead atoms. The molecule has 5 nitrogen and oxygen atoms in total. The second kappa shape index (κ2) is 9.02. The maximum absolute atomic E-state index is 13.2. The number of aromatic nitrogens is 1. The number of halogens is 2. The molecule has 9 heteroatoms. The van der Waals surface area contributed by atoms with E-state index in [2.05, 4.69) is 48.7 Å². The van der Waals surface area contributed by atoms with Crippen molar-refractivity contribution in [1.82, 2.24) is 14.4 Å². The molecule has 166 valence electrons. The van der Waals surface area contributed by atoms with E-state index in [-0.39, 0.29) is 27.9 Å². The van der Waals surface area contributed by atoms with E-state index < -0.39 is 0 Å². The summed E-state index contributed by atoms with van der Waals surface area (Å²) in [7, 11) is 0. The average Bonchev–Trinajstić information content (AvgIpc) is 3.16. The van der Waals surface area contributed by atoms with Gasteiger partial charge in [-0.15, -0.1) is 24.2 Å². The van der Waals surface area contributed by atoms with Gasteiger partial charge < -0.3 is 4.90 Å². The smallest absolute Gasteiger partial charge is 0.253 e. The fraction of sp³-hybridized carbons (Fsp3) is 0.619. The molecule has 0 N–H and O–H groups in total. The van der Waals surface area contributed by atoms with Crippen LogP contribution < -0.4 is 4.90 Å². The molecular formula is C21H30Cl2N4OS2. The van der Waals surface area contributed by atoms with Gasteiger partial charge in [-0.2, -0.15) is 4.37 Å². The molecule has 30 heavy (non-hydrogen) atoms. The van der Waals surface area contributed by atoms with E-state index in [1.165, 1.54) is 11.5 Å². The van der Waals surface area contributed by atoms with Crippen LogP contribution in [0.25, 0.3) is 10.1 Å². The monoisotopic (exact) mass is 488 g/mol. The molecule has 4 rings (SSSR count). The van der Waals surface area contributed by atoms with E-state index in [9.17, 15) is 4.79 Å². The summed E-state index contributed by atoms with van der Waals surface area (Å²) in [5, 5.41) is 6.27. The lowest BCUT2D eigenvalue weighted by Crippen LogP contribution is -2.60. The van der Waals surface area contributed by atoms with Crippen molar-refractivity contribution in [2.24, 2.45) is 0 Å². The standard InChI is InChI=1S/C21H29ClN4OS2.ClH/c1-5-6-9-21(4)26(19(27)20(2,3)29-21)25-12-10-24(11-13-25)18-16-8-7-15(22)14-17(16)28-23-18;/h7-8,14H,5-6,9-13H2,1-4H3;1H. The molecule has 0 radical (unpaired) electrons. The number of hydrogen-bond donors (Lipinski definition) is 0. The first-order valence-corrected chi connectivity index (χ1v) is 12.3. The van der Waals surface area contributed by atoms with Crippen LogP contribution in [0.5, 0.6) is 0 Å². The van der Waals surface area contributed by atoms with Gasteiger partial charge in [-0.1, -0.05) is 31.4 Å². The van der Waals surface area contributed by atoms with Crippen molar-refractivity contribution in [2.45, 2.75) is 56.6 Å². The number of amides is 1. The number of hydrazine groups is 1. The Morgan fingerprint density at radius 2 is 1.87 bits per heavy atom. The summed E-state index contributed by atoms with van der Waals surface area (Å²) in [5.74, 6) is 1.28. The second-order valence-electron chi connectivity index (χ2n) is 8.60. The molecule has 2 aliphatic heterocycles. The Labute approximate surface area is 198 Å². The summed E-state index contributed by atoms with van der Waals surface area (Å²) in [6.07, 6.45) is 3.31. The predicted molar refractivity (Wildman–Crippen MR) is 132 cm³/mol. The van der Waals surface area contributed by atoms with E-state index in [0.29, 0.717) is 0 Å². The molecule has 0 saturated carbocycles. The molecule has 3 heterocycles. The molecule has 2 aromatic rings. The fourth-order valence-electron chi connectivity index (χ4n) is 4.43. The molecule has 1 aromatic carbocycles. The van der Waals surface area contributed by atoms with Crippen molar-refractivity contribution in [3.05, 3.63) is 23.2 Å². The molecule has 2 saturated heterocycles. The first kappa shape index (κ1) is 23.9. The van der Waals surface area contributed by atoms with Crippen LogP contribution in [-0.2, 0) is 4.79 Å². The van der Waals surface area contributed by atoms with E-state index in [4.69, 9.17) is 16.0 Å². The molecule has 2 fully saturated rings. The van der Waals surface area contributed by atoms with Gasteiger partial charge in [-0.25, -0.2) is 5.01 Å². The van der Waals surface area contributed by atoms with Crippen LogP contribution in [0.3, 0.4) is 0 Å². The molecule has 1 aromatic heterocycles. The van der Waals surface area contributed by atoms with Crippen LogP contribution in [-0.4, -0.2) is 56.1 Å². The van der Waals surface area contributed by atoms with Crippen LogP contribution in [0.2, 0.25) is 5.02 Å². The zero-order chi connectivity index (χ0) is 20.8. The minimum atomic E-state index is -0.371. The Balaban J connectivity index is 0.00000256. The number of carbonyl (C=O) groups is 1. The predicted octanol–water partition coefficient (Wildman–Crippen LogP) is 5.67. The number of thioether (sulfide) groups is 1. The first-order chi connectivity index (χ1) is 13.7. The zero-order valence-corrected chi connectivity index (χ0v) is 21.2. The third kappa shape index (κ3) is 4.29. The first-order valence-electron chi connectivity index (χ1n) is 10.3. The number of carbonyl (C=O) groups excluding carboxylic acids is 1. The summed E-state index contributed by atoms with van der Waals surface area (Å²) in [6.45, 7) is 12.0. The highest BCUT2D eigenvalue weighted by atomic mass is 35.5. The van der Waals surface area contributed by atoms with Gasteiger partial charge in [0.1, 0.15) is 10.7 Å². The van der Waals surface area contributed by atoms with Gasteiger partial charge in [-0.05, 0) is 56.9 Å². The molecular weight excluding hydrogens is 459 g/mol. The summed E-state index contributed by atoms with van der Waals surface area (Å²) >= 11 is 9.44. The Morgan fingerprint density at radius 3 is 2.53 bits per heavy atom. The number of rotatable bonds is 5. The summed E-state index contributed by atoms with van der Waals surface area (Å²) < 4.78 is 5.44. The van der Waals surface area contributed by atoms with Crippen LogP contribution in [0.4, 0.5) is 5.82 Å². The van der Waals surface area contributed by atoms with Crippen LogP contribution in [0, 0.1) is 0 Å². The third-order valence-electron chi connectivity index (χ3n) is 5.88. The van der Waals surface area contributed by atoms with E-state index in [0.717, 1.165) is 66.4 Å². The summed E-state index contributed by atoms with van der Waals surface area (Å²) in [5.41, 5.74) is 0. The van der Waals surface area contributed by atoms with E-state index >= 15 is 0 Å². The van der Waals surface area contributed by atoms with Gasteiger partial charge in [0.2, 0.25) is 0 Å². The number of benzene rings is 1. The minimum absolute atomic E-state index is 0. The van der Waals surface area contributed by atoms with Crippen LogP contribution in [0.1, 0.15) is 47.0 Å². The number of anilines is 1. The molecule has 0 aliphatic carbocycles. The fourth-order valence-corrected chi connectivity index (χ4v) is 7.31. The lowest BCUT2D eigenvalue weighted by Gasteiger charge is -2.45. The Hall–Kier alpha value is -0.730. The Morgan fingerprint density at radius 1 is 1.17 bits per heavy atom. The van der Waals surface area contributed by atoms with Crippen molar-refractivity contribution < 1.29 is 4.79 Å². The normalized spacial score (nSPS) is 24.5. The lowest BCUT2D eigenvalue weighted by molar-refractivity contribution is -0.157. The average molecular weight is 490 g/mol. The largest absolute Gasteiger partial charge is 0.353 e. The van der Waals surface area contributed by atoms with Crippen molar-refractivity contribution in [3.8, 4) is 0 Å². The summed E-state index contributed by atoms with van der Waals surface area (Å²) in [6, 6.07) is 5.98. The Bertz CT molecular complexity index is 914. The maximum Gasteiger partial charge on any atom is 0.253 e. The van der Waals surface area contributed by atoms with Gasteiger partial charge in [0.05, 0.1) is 9.45 Å². The molecule has 1 atom stereocenters. The highest BCUT2D eigenvalue weighted by molar-refractivity contribution is 8.03. The topological polar surface area (TPSA) is 39.7 Å². The minimum Gasteiger partial charge on any atom is -0.353 e. The number of piperazine rings is 1. The second-order valence-corrected chi connectivity index (χ2v) is 11.9. The van der Waals surface area contributed by atoms with Crippen molar-refractivity contribution in [1.29, 1.82) is 0 Å². The highest BCUT2D eigenvalue weighted by Gasteiger charge is 2.55. The van der Waals surface area contributed by atoms with Gasteiger partial charge in [-0.3, -0.25) is 9.80 Å². The quantitative estimate of drug-likeness (QED) is 0.541. The number of unbranched alkanes of at least 4 members (excludes halogenated alkanes) is 1. The summed E-state index contributed by atoms with van der Waals surface area (Å²) in [4.78, 5) is 15.4. The maximum atomic E-state index is 13.2. The zero-order valence-electron chi connectivity index (χ0n) is 18.0. The van der Waals surface area contributed by atoms with Gasteiger partial charge >= 0.3 is 0 Å². The molecule has 0 spiro atoms. The van der Waals surface area contributed by atoms with Gasteiger partial charge in [0, 0.05) is 36.6 Å². The van der Waals surface area contributed by atoms with Crippen molar-refractivity contribution >= 4 is 69.1 Å². The number of nitrogens with zero attached hydrogens (tertiary/aromatic N) is 4. The van der Waals surface area contributed by atoms with E-state index in [1.807, 2.05) is 23.9 Å². The van der Waals surface area contributed by atoms with Crippen molar-refractivity contribution in [2.75, 3.05) is 31.1 Å². The van der Waals surface area contributed by atoms with Gasteiger partial charge in [0.25, 0.3) is 5.91 Å². The van der Waals surface area contributed by atoms with Crippen LogP contribution in [0.15, 0.2) is 18.2 Å². The number of hydrogen-bond acceptors (Lipinski definition) is 6. The Kier molecular flexibility index (Phi) is 7.20.